The van der Waals surface area contributed by atoms with Crippen LogP contribution in [0.1, 0.15) is 30.2 Å². The summed E-state index contributed by atoms with van der Waals surface area (Å²) in [5, 5.41) is 4.43. The van der Waals surface area contributed by atoms with Gasteiger partial charge in [0.15, 0.2) is 0 Å². The summed E-state index contributed by atoms with van der Waals surface area (Å²) in [6.45, 7) is 2.68. The Morgan fingerprint density at radius 1 is 1.12 bits per heavy atom. The van der Waals surface area contributed by atoms with Crippen molar-refractivity contribution in [2.45, 2.75) is 31.9 Å². The van der Waals surface area contributed by atoms with Crippen LogP contribution >= 0.6 is 0 Å². The Balaban J connectivity index is 1.59. The molecule has 2 unspecified atom stereocenters. The Bertz CT molecular complexity index is 882. The molecule has 4 rings (SSSR count). The van der Waals surface area contributed by atoms with Crippen LogP contribution in [-0.4, -0.2) is 17.6 Å². The molecule has 3 aromatic rings. The molecule has 1 aromatic heterocycles. The Hall–Kier alpha value is -2.46. The second-order valence-electron chi connectivity index (χ2n) is 6.61. The Morgan fingerprint density at radius 2 is 1.96 bits per heavy atom. The molecule has 2 atom stereocenters. The van der Waals surface area contributed by atoms with Gasteiger partial charge in [0, 0.05) is 29.4 Å². The van der Waals surface area contributed by atoms with Crippen LogP contribution in [-0.2, 0) is 4.74 Å². The highest BCUT2D eigenvalue weighted by Gasteiger charge is 2.24. The zero-order valence-electron chi connectivity index (χ0n) is 14.2. The summed E-state index contributed by atoms with van der Waals surface area (Å²) in [4.78, 5) is 4.50. The molecule has 1 aliphatic heterocycles. The standard InChI is InChI=1S/C21H21FN2O/c1-14-11-20(18-12-16(22)7-8-19(18)23-14)24-17-9-10-25-21(13-17)15-5-3-2-4-6-15/h2-8,11-12,17,21H,9-10,13H2,1H3,(H,23,24). The van der Waals surface area contributed by atoms with E-state index in [4.69, 9.17) is 4.74 Å². The van der Waals surface area contributed by atoms with E-state index in [9.17, 15) is 4.39 Å². The minimum Gasteiger partial charge on any atom is -0.382 e. The van der Waals surface area contributed by atoms with Crippen LogP contribution < -0.4 is 5.32 Å². The van der Waals surface area contributed by atoms with Gasteiger partial charge in [0.2, 0.25) is 0 Å². The molecule has 0 saturated carbocycles. The first-order valence-electron chi connectivity index (χ1n) is 8.69. The summed E-state index contributed by atoms with van der Waals surface area (Å²) in [5.74, 6) is -0.240. The number of anilines is 1. The monoisotopic (exact) mass is 336 g/mol. The van der Waals surface area contributed by atoms with Crippen LogP contribution in [0.4, 0.5) is 10.1 Å². The molecule has 0 amide bonds. The van der Waals surface area contributed by atoms with Gasteiger partial charge in [-0.25, -0.2) is 4.39 Å². The number of aromatic nitrogens is 1. The fourth-order valence-corrected chi connectivity index (χ4v) is 3.50. The van der Waals surface area contributed by atoms with Gasteiger partial charge in [0.1, 0.15) is 5.82 Å². The van der Waals surface area contributed by atoms with Crippen molar-refractivity contribution in [3.63, 3.8) is 0 Å². The second kappa shape index (κ2) is 6.81. The lowest BCUT2D eigenvalue weighted by molar-refractivity contribution is 0.00981. The number of halogens is 1. The van der Waals surface area contributed by atoms with E-state index >= 15 is 0 Å². The molecule has 1 aliphatic rings. The molecule has 0 radical (unpaired) electrons. The van der Waals surface area contributed by atoms with Crippen molar-refractivity contribution in [2.24, 2.45) is 0 Å². The van der Waals surface area contributed by atoms with Crippen molar-refractivity contribution in [3.8, 4) is 0 Å². The number of hydrogen-bond donors (Lipinski definition) is 1. The number of nitrogens with zero attached hydrogens (tertiary/aromatic N) is 1. The molecule has 2 aromatic carbocycles. The number of hydrogen-bond acceptors (Lipinski definition) is 3. The molecule has 1 fully saturated rings. The summed E-state index contributed by atoms with van der Waals surface area (Å²) in [6.07, 6.45) is 1.92. The summed E-state index contributed by atoms with van der Waals surface area (Å²) >= 11 is 0. The van der Waals surface area contributed by atoms with Crippen LogP contribution in [0.15, 0.2) is 54.6 Å². The van der Waals surface area contributed by atoms with Crippen LogP contribution in [0.2, 0.25) is 0 Å². The predicted octanol–water partition coefficient (Wildman–Crippen LogP) is 5.01. The molecular weight excluding hydrogens is 315 g/mol. The van der Waals surface area contributed by atoms with E-state index in [1.54, 1.807) is 12.1 Å². The van der Waals surface area contributed by atoms with Gasteiger partial charge in [-0.15, -0.1) is 0 Å². The van der Waals surface area contributed by atoms with Crippen molar-refractivity contribution in [1.29, 1.82) is 0 Å². The average Bonchev–Trinajstić information content (AvgIpc) is 2.63. The first kappa shape index (κ1) is 16.0. The largest absolute Gasteiger partial charge is 0.382 e. The van der Waals surface area contributed by atoms with E-state index in [0.717, 1.165) is 35.1 Å². The Morgan fingerprint density at radius 3 is 2.80 bits per heavy atom. The number of aryl methyl sites for hydroxylation is 1. The van der Waals surface area contributed by atoms with Crippen molar-refractivity contribution in [2.75, 3.05) is 11.9 Å². The third-order valence-corrected chi connectivity index (χ3v) is 4.71. The number of nitrogens with one attached hydrogen (secondary N) is 1. The zero-order chi connectivity index (χ0) is 17.2. The van der Waals surface area contributed by atoms with Gasteiger partial charge in [-0.1, -0.05) is 30.3 Å². The maximum atomic E-state index is 13.7. The topological polar surface area (TPSA) is 34.1 Å². The van der Waals surface area contributed by atoms with Crippen molar-refractivity contribution < 1.29 is 9.13 Å². The van der Waals surface area contributed by atoms with Crippen LogP contribution in [0.5, 0.6) is 0 Å². The van der Waals surface area contributed by atoms with E-state index in [-0.39, 0.29) is 18.0 Å². The van der Waals surface area contributed by atoms with Gasteiger partial charge in [-0.3, -0.25) is 4.98 Å². The van der Waals surface area contributed by atoms with E-state index in [1.165, 1.54) is 11.6 Å². The fourth-order valence-electron chi connectivity index (χ4n) is 3.50. The summed E-state index contributed by atoms with van der Waals surface area (Å²) in [7, 11) is 0. The van der Waals surface area contributed by atoms with Gasteiger partial charge in [0.25, 0.3) is 0 Å². The molecule has 3 nitrogen and oxygen atoms in total. The van der Waals surface area contributed by atoms with Gasteiger partial charge >= 0.3 is 0 Å². The van der Waals surface area contributed by atoms with Crippen LogP contribution in [0.25, 0.3) is 10.9 Å². The summed E-state index contributed by atoms with van der Waals surface area (Å²) < 4.78 is 19.7. The van der Waals surface area contributed by atoms with E-state index in [1.807, 2.05) is 31.2 Å². The molecule has 25 heavy (non-hydrogen) atoms. The highest BCUT2D eigenvalue weighted by Crippen LogP contribution is 2.31. The first-order valence-corrected chi connectivity index (χ1v) is 8.69. The summed E-state index contributed by atoms with van der Waals surface area (Å²) in [6, 6.07) is 17.3. The minimum atomic E-state index is -0.240. The molecule has 2 heterocycles. The fraction of sp³-hybridized carbons (Fsp3) is 0.286. The van der Waals surface area contributed by atoms with Crippen molar-refractivity contribution in [3.05, 3.63) is 71.7 Å². The van der Waals surface area contributed by atoms with E-state index in [2.05, 4.69) is 22.4 Å². The van der Waals surface area contributed by atoms with Crippen molar-refractivity contribution >= 4 is 16.6 Å². The third kappa shape index (κ3) is 3.49. The van der Waals surface area contributed by atoms with Gasteiger partial charge < -0.3 is 10.1 Å². The lowest BCUT2D eigenvalue weighted by Gasteiger charge is -2.31. The molecule has 0 aliphatic carbocycles. The van der Waals surface area contributed by atoms with E-state index in [0.29, 0.717) is 6.61 Å². The first-order chi connectivity index (χ1) is 12.2. The van der Waals surface area contributed by atoms with E-state index < -0.39 is 0 Å². The normalized spacial score (nSPS) is 20.6. The average molecular weight is 336 g/mol. The third-order valence-electron chi connectivity index (χ3n) is 4.71. The SMILES string of the molecule is Cc1cc(NC2CCOC(c3ccccc3)C2)c2cc(F)ccc2n1. The number of rotatable bonds is 3. The molecule has 0 spiro atoms. The predicted molar refractivity (Wildman–Crippen MR) is 98.2 cm³/mol. The number of benzene rings is 2. The molecular formula is C21H21FN2O. The minimum absolute atomic E-state index is 0.0957. The molecule has 128 valence electrons. The van der Waals surface area contributed by atoms with Gasteiger partial charge in [-0.05, 0) is 49.6 Å². The van der Waals surface area contributed by atoms with Gasteiger partial charge in [-0.2, -0.15) is 0 Å². The quantitative estimate of drug-likeness (QED) is 0.729. The Labute approximate surface area is 146 Å². The summed E-state index contributed by atoms with van der Waals surface area (Å²) in [5.41, 5.74) is 3.89. The van der Waals surface area contributed by atoms with Crippen molar-refractivity contribution in [1.82, 2.24) is 4.98 Å². The molecule has 1 N–H and O–H groups in total. The number of fused-ring (bicyclic) bond motifs is 1. The van der Waals surface area contributed by atoms with Crippen LogP contribution in [0, 0.1) is 12.7 Å². The highest BCUT2D eigenvalue weighted by atomic mass is 19.1. The molecule has 1 saturated heterocycles. The lowest BCUT2D eigenvalue weighted by Crippen LogP contribution is -2.30. The number of ether oxygens (including phenoxy) is 1. The Kier molecular flexibility index (Phi) is 4.36. The maximum Gasteiger partial charge on any atom is 0.124 e. The highest BCUT2D eigenvalue weighted by molar-refractivity contribution is 5.91. The second-order valence-corrected chi connectivity index (χ2v) is 6.61. The zero-order valence-corrected chi connectivity index (χ0v) is 14.2. The number of pyridine rings is 1. The molecule has 0 bridgehead atoms. The van der Waals surface area contributed by atoms with Crippen LogP contribution in [0.3, 0.4) is 0 Å². The lowest BCUT2D eigenvalue weighted by atomic mass is 9.97. The smallest absolute Gasteiger partial charge is 0.124 e. The van der Waals surface area contributed by atoms with Gasteiger partial charge in [0.05, 0.1) is 11.6 Å². The maximum absolute atomic E-state index is 13.7. The molecule has 4 heteroatoms.